The van der Waals surface area contributed by atoms with Gasteiger partial charge < -0.3 is 25.4 Å². The van der Waals surface area contributed by atoms with Crippen LogP contribution in [-0.4, -0.2) is 44.7 Å². The number of methoxy groups -OCH3 is 1. The Balaban J connectivity index is 2.69. The van der Waals surface area contributed by atoms with Crippen molar-refractivity contribution in [1.29, 1.82) is 0 Å². The van der Waals surface area contributed by atoms with Crippen LogP contribution in [0.3, 0.4) is 0 Å². The first-order valence-corrected chi connectivity index (χ1v) is 8.02. The molecule has 0 aliphatic carbocycles. The predicted molar refractivity (Wildman–Crippen MR) is 95.7 cm³/mol. The van der Waals surface area contributed by atoms with Crippen LogP contribution in [0, 0.1) is 0 Å². The molecule has 0 radical (unpaired) electrons. The molecular weight excluding hydrogens is 346 g/mol. The third-order valence-electron chi connectivity index (χ3n) is 3.08. The van der Waals surface area contributed by atoms with Gasteiger partial charge in [0.25, 0.3) is 0 Å². The Bertz CT molecular complexity index is 631. The van der Waals surface area contributed by atoms with E-state index in [1.807, 2.05) is 20.8 Å². The minimum absolute atomic E-state index is 0.0233. The Morgan fingerprint density at radius 2 is 1.96 bits per heavy atom. The molecule has 1 amide bonds. The van der Waals surface area contributed by atoms with Crippen LogP contribution < -0.4 is 25.4 Å². The Morgan fingerprint density at radius 3 is 2.50 bits per heavy atom. The fourth-order valence-corrected chi connectivity index (χ4v) is 2.06. The van der Waals surface area contributed by atoms with Gasteiger partial charge in [-0.15, -0.1) is 0 Å². The maximum atomic E-state index is 12.5. The summed E-state index contributed by atoms with van der Waals surface area (Å²) in [7, 11) is 3.02. The molecule has 0 unspecified atom stereocenters. The van der Waals surface area contributed by atoms with E-state index < -0.39 is 6.61 Å². The lowest BCUT2D eigenvalue weighted by atomic mass is 10.1. The van der Waals surface area contributed by atoms with Crippen molar-refractivity contribution < 1.29 is 23.0 Å². The van der Waals surface area contributed by atoms with Crippen molar-refractivity contribution in [2.45, 2.75) is 39.5 Å². The van der Waals surface area contributed by atoms with Crippen molar-refractivity contribution in [2.24, 2.45) is 4.99 Å². The van der Waals surface area contributed by atoms with Crippen LogP contribution >= 0.6 is 0 Å². The number of nitrogens with zero attached hydrogens (tertiary/aromatic N) is 1. The quantitative estimate of drug-likeness (QED) is 0.503. The molecule has 3 N–H and O–H groups in total. The van der Waals surface area contributed by atoms with Gasteiger partial charge in [0.15, 0.2) is 5.96 Å². The lowest BCUT2D eigenvalue weighted by Crippen LogP contribution is -2.48. The van der Waals surface area contributed by atoms with Crippen LogP contribution in [-0.2, 0) is 11.3 Å². The molecule has 7 nitrogen and oxygen atoms in total. The number of benzene rings is 1. The first-order valence-electron chi connectivity index (χ1n) is 8.02. The highest BCUT2D eigenvalue weighted by atomic mass is 19.3. The molecule has 1 rings (SSSR count). The van der Waals surface area contributed by atoms with Crippen molar-refractivity contribution in [3.8, 4) is 11.5 Å². The third kappa shape index (κ3) is 8.00. The predicted octanol–water partition coefficient (Wildman–Crippen LogP) is 1.88. The van der Waals surface area contributed by atoms with Crippen LogP contribution in [0.25, 0.3) is 0 Å². The number of amides is 1. The molecule has 0 saturated heterocycles. The van der Waals surface area contributed by atoms with Gasteiger partial charge in [-0.25, -0.2) is 0 Å². The normalized spacial score (nSPS) is 11.9. The number of guanidine groups is 1. The van der Waals surface area contributed by atoms with Gasteiger partial charge in [0.2, 0.25) is 5.91 Å². The maximum Gasteiger partial charge on any atom is 0.387 e. The Morgan fingerprint density at radius 1 is 1.27 bits per heavy atom. The Kier molecular flexibility index (Phi) is 8.08. The van der Waals surface area contributed by atoms with Crippen LogP contribution in [0.5, 0.6) is 11.5 Å². The van der Waals surface area contributed by atoms with Crippen molar-refractivity contribution in [3.63, 3.8) is 0 Å². The van der Waals surface area contributed by atoms with Crippen LogP contribution in [0.2, 0.25) is 0 Å². The van der Waals surface area contributed by atoms with E-state index in [1.165, 1.54) is 19.2 Å². The molecule has 0 bridgehead atoms. The Labute approximate surface area is 152 Å². The fraction of sp³-hybridized carbons (Fsp3) is 0.529. The number of halogens is 2. The van der Waals surface area contributed by atoms with E-state index in [1.54, 1.807) is 13.1 Å². The summed E-state index contributed by atoms with van der Waals surface area (Å²) in [6.07, 6.45) is 0. The number of carbonyl (C=O) groups excluding carboxylic acids is 1. The second-order valence-electron chi connectivity index (χ2n) is 6.43. The summed E-state index contributed by atoms with van der Waals surface area (Å²) < 4.78 is 34.7. The SMILES string of the molecule is CN=C(NCC(=O)NC(C)(C)C)NCc1cc(OC)ccc1OC(F)F. The summed E-state index contributed by atoms with van der Waals surface area (Å²) in [6.45, 7) is 2.89. The average molecular weight is 372 g/mol. The average Bonchev–Trinajstić information content (AvgIpc) is 2.54. The molecule has 1 aromatic carbocycles. The van der Waals surface area contributed by atoms with Gasteiger partial charge in [0, 0.05) is 24.7 Å². The second-order valence-corrected chi connectivity index (χ2v) is 6.43. The first kappa shape index (κ1) is 21.5. The van der Waals surface area contributed by atoms with E-state index in [-0.39, 0.29) is 30.3 Å². The molecule has 1 aromatic rings. The summed E-state index contributed by atoms with van der Waals surface area (Å²) in [4.78, 5) is 15.8. The number of hydrogen-bond acceptors (Lipinski definition) is 4. The zero-order chi connectivity index (χ0) is 19.7. The van der Waals surface area contributed by atoms with Gasteiger partial charge in [-0.1, -0.05) is 0 Å². The van der Waals surface area contributed by atoms with Gasteiger partial charge in [-0.05, 0) is 39.0 Å². The number of carbonyl (C=O) groups is 1. The van der Waals surface area contributed by atoms with Crippen LogP contribution in [0.1, 0.15) is 26.3 Å². The molecular formula is C17H26F2N4O3. The lowest BCUT2D eigenvalue weighted by molar-refractivity contribution is -0.121. The molecule has 0 aliphatic heterocycles. The molecule has 0 heterocycles. The minimum Gasteiger partial charge on any atom is -0.497 e. The topological polar surface area (TPSA) is 84.0 Å². The highest BCUT2D eigenvalue weighted by Crippen LogP contribution is 2.25. The largest absolute Gasteiger partial charge is 0.497 e. The van der Waals surface area contributed by atoms with E-state index >= 15 is 0 Å². The number of rotatable bonds is 7. The van der Waals surface area contributed by atoms with Gasteiger partial charge in [0.1, 0.15) is 11.5 Å². The first-order chi connectivity index (χ1) is 12.1. The van der Waals surface area contributed by atoms with E-state index in [0.717, 1.165) is 0 Å². The van der Waals surface area contributed by atoms with Crippen LogP contribution in [0.15, 0.2) is 23.2 Å². The van der Waals surface area contributed by atoms with E-state index in [2.05, 4.69) is 25.7 Å². The summed E-state index contributed by atoms with van der Waals surface area (Å²) in [6, 6.07) is 4.53. The van der Waals surface area contributed by atoms with Crippen molar-refractivity contribution >= 4 is 11.9 Å². The molecule has 9 heteroatoms. The van der Waals surface area contributed by atoms with E-state index in [4.69, 9.17) is 4.74 Å². The zero-order valence-corrected chi connectivity index (χ0v) is 15.7. The van der Waals surface area contributed by atoms with Gasteiger partial charge >= 0.3 is 6.61 Å². The summed E-state index contributed by atoms with van der Waals surface area (Å²) in [5.41, 5.74) is 0.129. The summed E-state index contributed by atoms with van der Waals surface area (Å²) in [5.74, 6) is 0.702. The molecule has 0 saturated carbocycles. The third-order valence-corrected chi connectivity index (χ3v) is 3.08. The van der Waals surface area contributed by atoms with Crippen molar-refractivity contribution in [2.75, 3.05) is 20.7 Å². The van der Waals surface area contributed by atoms with Gasteiger partial charge in [-0.2, -0.15) is 8.78 Å². The second kappa shape index (κ2) is 9.79. The molecule has 0 spiro atoms. The van der Waals surface area contributed by atoms with Crippen LogP contribution in [0.4, 0.5) is 8.78 Å². The molecule has 0 fully saturated rings. The smallest absolute Gasteiger partial charge is 0.387 e. The van der Waals surface area contributed by atoms with Crippen molar-refractivity contribution in [3.05, 3.63) is 23.8 Å². The standard InChI is InChI=1S/C17H26F2N4O3/c1-17(2,3)23-14(24)10-22-16(20-4)21-9-11-8-12(25-5)6-7-13(11)26-15(18)19/h6-8,15H,9-10H2,1-5H3,(H,23,24)(H2,20,21,22). The molecule has 146 valence electrons. The summed E-state index contributed by atoms with van der Waals surface area (Å²) >= 11 is 0. The lowest BCUT2D eigenvalue weighted by Gasteiger charge is -2.21. The number of alkyl halides is 2. The number of hydrogen-bond donors (Lipinski definition) is 3. The summed E-state index contributed by atoms with van der Waals surface area (Å²) in [5, 5.41) is 8.62. The van der Waals surface area contributed by atoms with Gasteiger partial charge in [0.05, 0.1) is 13.7 Å². The molecule has 0 atom stereocenters. The van der Waals surface area contributed by atoms with E-state index in [0.29, 0.717) is 17.3 Å². The minimum atomic E-state index is -2.93. The monoisotopic (exact) mass is 372 g/mol. The maximum absolute atomic E-state index is 12.5. The van der Waals surface area contributed by atoms with Crippen molar-refractivity contribution in [1.82, 2.24) is 16.0 Å². The zero-order valence-electron chi connectivity index (χ0n) is 15.7. The Hall–Kier alpha value is -2.58. The molecule has 26 heavy (non-hydrogen) atoms. The van der Waals surface area contributed by atoms with E-state index in [9.17, 15) is 13.6 Å². The number of nitrogens with one attached hydrogen (secondary N) is 3. The highest BCUT2D eigenvalue weighted by Gasteiger charge is 2.14. The number of aliphatic imine (C=N–C) groups is 1. The molecule has 0 aromatic heterocycles. The fourth-order valence-electron chi connectivity index (χ4n) is 2.06. The number of ether oxygens (including phenoxy) is 2. The highest BCUT2D eigenvalue weighted by molar-refractivity contribution is 5.86. The molecule has 0 aliphatic rings. The van der Waals surface area contributed by atoms with Gasteiger partial charge in [-0.3, -0.25) is 9.79 Å².